The van der Waals surface area contributed by atoms with Crippen LogP contribution in [0.2, 0.25) is 0 Å². The summed E-state index contributed by atoms with van der Waals surface area (Å²) in [4.78, 5) is 32.3. The summed E-state index contributed by atoms with van der Waals surface area (Å²) in [6, 6.07) is 21.0. The van der Waals surface area contributed by atoms with Gasteiger partial charge >= 0.3 is 0 Å². The van der Waals surface area contributed by atoms with E-state index in [0.29, 0.717) is 13.0 Å². The molecule has 37 heavy (non-hydrogen) atoms. The van der Waals surface area contributed by atoms with Gasteiger partial charge in [0.2, 0.25) is 21.8 Å². The van der Waals surface area contributed by atoms with Crippen molar-refractivity contribution in [3.63, 3.8) is 0 Å². The number of aromatic nitrogens is 1. The van der Waals surface area contributed by atoms with E-state index in [2.05, 4.69) is 15.0 Å². The predicted octanol–water partition coefficient (Wildman–Crippen LogP) is 3.19. The van der Waals surface area contributed by atoms with E-state index in [1.54, 1.807) is 42.3 Å². The maximum atomic E-state index is 13.3. The van der Waals surface area contributed by atoms with Gasteiger partial charge in [0.1, 0.15) is 6.04 Å². The van der Waals surface area contributed by atoms with Gasteiger partial charge in [0.05, 0.1) is 17.1 Å². The first kappa shape index (κ1) is 26.5. The van der Waals surface area contributed by atoms with Crippen LogP contribution < -0.4 is 10.0 Å². The molecule has 0 saturated heterocycles. The molecule has 1 fully saturated rings. The predicted molar refractivity (Wildman–Crippen MR) is 141 cm³/mol. The van der Waals surface area contributed by atoms with Gasteiger partial charge in [-0.1, -0.05) is 48.5 Å². The molecule has 2 aromatic carbocycles. The maximum absolute atomic E-state index is 13.3. The summed E-state index contributed by atoms with van der Waals surface area (Å²) in [5.41, 5.74) is 2.52. The number of carbonyl (C=O) groups excluding carboxylic acids is 2. The molecule has 0 aliphatic heterocycles. The Morgan fingerprint density at radius 2 is 1.68 bits per heavy atom. The van der Waals surface area contributed by atoms with Crippen molar-refractivity contribution < 1.29 is 18.0 Å². The van der Waals surface area contributed by atoms with Crippen LogP contribution in [0.5, 0.6) is 0 Å². The van der Waals surface area contributed by atoms with E-state index in [0.717, 1.165) is 29.7 Å². The molecule has 0 unspecified atom stereocenters. The SMILES string of the molecule is C[C@@H](C(=O)NCc1ccccn1)N(Cc1ccccc1)C(=O)CCc1ccc(S(=O)(=O)NC2CC2)cc1. The molecule has 1 heterocycles. The second-order valence-electron chi connectivity index (χ2n) is 9.26. The molecule has 3 aromatic rings. The highest BCUT2D eigenvalue weighted by Crippen LogP contribution is 2.22. The van der Waals surface area contributed by atoms with Gasteiger partial charge in [-0.2, -0.15) is 0 Å². The van der Waals surface area contributed by atoms with Crippen molar-refractivity contribution in [3.05, 3.63) is 95.8 Å². The zero-order valence-electron chi connectivity index (χ0n) is 20.8. The third-order valence-corrected chi connectivity index (χ3v) is 7.83. The Bertz CT molecular complexity index is 1300. The molecule has 1 atom stereocenters. The molecular formula is C28H32N4O4S. The van der Waals surface area contributed by atoms with E-state index < -0.39 is 16.1 Å². The summed E-state index contributed by atoms with van der Waals surface area (Å²) in [6.45, 7) is 2.31. The largest absolute Gasteiger partial charge is 0.349 e. The Morgan fingerprint density at radius 3 is 2.32 bits per heavy atom. The summed E-state index contributed by atoms with van der Waals surface area (Å²) in [5, 5.41) is 2.87. The van der Waals surface area contributed by atoms with E-state index in [4.69, 9.17) is 0 Å². The summed E-state index contributed by atoms with van der Waals surface area (Å²) in [5.74, 6) is -0.413. The molecule has 0 spiro atoms. The van der Waals surface area contributed by atoms with Crippen molar-refractivity contribution in [2.75, 3.05) is 0 Å². The molecule has 2 N–H and O–H groups in total. The highest BCUT2D eigenvalue weighted by molar-refractivity contribution is 7.89. The van der Waals surface area contributed by atoms with Crippen molar-refractivity contribution in [1.29, 1.82) is 0 Å². The van der Waals surface area contributed by atoms with Crippen LogP contribution in [0.3, 0.4) is 0 Å². The van der Waals surface area contributed by atoms with Crippen LogP contribution in [-0.4, -0.2) is 42.2 Å². The quantitative estimate of drug-likeness (QED) is 0.381. The fourth-order valence-corrected chi connectivity index (χ4v) is 5.21. The van der Waals surface area contributed by atoms with E-state index in [1.807, 2.05) is 48.5 Å². The molecule has 1 aliphatic rings. The van der Waals surface area contributed by atoms with Gasteiger partial charge in [-0.05, 0) is 61.6 Å². The molecular weight excluding hydrogens is 488 g/mol. The van der Waals surface area contributed by atoms with Crippen molar-refractivity contribution in [1.82, 2.24) is 19.9 Å². The molecule has 2 amide bonds. The topological polar surface area (TPSA) is 108 Å². The normalized spacial score (nSPS) is 14.1. The minimum Gasteiger partial charge on any atom is -0.349 e. The number of aryl methyl sites for hydroxylation is 1. The number of hydrogen-bond acceptors (Lipinski definition) is 5. The molecule has 1 saturated carbocycles. The molecule has 9 heteroatoms. The van der Waals surface area contributed by atoms with E-state index in [9.17, 15) is 18.0 Å². The third-order valence-electron chi connectivity index (χ3n) is 6.29. The van der Waals surface area contributed by atoms with Crippen LogP contribution in [0, 0.1) is 0 Å². The average molecular weight is 521 g/mol. The number of amides is 2. The maximum Gasteiger partial charge on any atom is 0.242 e. The zero-order valence-corrected chi connectivity index (χ0v) is 21.7. The number of carbonyl (C=O) groups is 2. The van der Waals surface area contributed by atoms with Gasteiger partial charge in [-0.25, -0.2) is 13.1 Å². The second kappa shape index (κ2) is 12.1. The number of nitrogens with zero attached hydrogens (tertiary/aromatic N) is 2. The minimum absolute atomic E-state index is 0.0426. The highest BCUT2D eigenvalue weighted by Gasteiger charge is 2.28. The van der Waals surface area contributed by atoms with Crippen LogP contribution in [0.25, 0.3) is 0 Å². The Kier molecular flexibility index (Phi) is 8.68. The number of pyridine rings is 1. The van der Waals surface area contributed by atoms with Gasteiger partial charge in [0.15, 0.2) is 0 Å². The van der Waals surface area contributed by atoms with E-state index in [1.165, 1.54) is 0 Å². The highest BCUT2D eigenvalue weighted by atomic mass is 32.2. The molecule has 0 radical (unpaired) electrons. The molecule has 1 aliphatic carbocycles. The van der Waals surface area contributed by atoms with Crippen LogP contribution >= 0.6 is 0 Å². The first-order chi connectivity index (χ1) is 17.8. The minimum atomic E-state index is -3.51. The lowest BCUT2D eigenvalue weighted by Gasteiger charge is -2.29. The van der Waals surface area contributed by atoms with Crippen molar-refractivity contribution in [3.8, 4) is 0 Å². The summed E-state index contributed by atoms with van der Waals surface area (Å²) in [6.07, 6.45) is 4.04. The van der Waals surface area contributed by atoms with Crippen molar-refractivity contribution in [2.24, 2.45) is 0 Å². The summed E-state index contributed by atoms with van der Waals surface area (Å²) in [7, 11) is -3.51. The first-order valence-electron chi connectivity index (χ1n) is 12.4. The van der Waals surface area contributed by atoms with Gasteiger partial charge in [-0.15, -0.1) is 0 Å². The first-order valence-corrected chi connectivity index (χ1v) is 13.9. The van der Waals surface area contributed by atoms with Crippen LogP contribution in [0.1, 0.15) is 43.0 Å². The van der Waals surface area contributed by atoms with Crippen molar-refractivity contribution in [2.45, 2.75) is 62.7 Å². The van der Waals surface area contributed by atoms with Gasteiger partial charge < -0.3 is 10.2 Å². The fourth-order valence-electron chi connectivity index (χ4n) is 3.91. The zero-order chi connectivity index (χ0) is 26.3. The second-order valence-corrected chi connectivity index (χ2v) is 11.0. The van der Waals surface area contributed by atoms with E-state index in [-0.39, 0.29) is 35.7 Å². The lowest BCUT2D eigenvalue weighted by atomic mass is 10.1. The van der Waals surface area contributed by atoms with Gasteiger partial charge in [0, 0.05) is 25.2 Å². The number of hydrogen-bond donors (Lipinski definition) is 2. The van der Waals surface area contributed by atoms with Gasteiger partial charge in [0.25, 0.3) is 0 Å². The van der Waals surface area contributed by atoms with Crippen LogP contribution in [0.15, 0.2) is 83.9 Å². The Balaban J connectivity index is 1.39. The monoisotopic (exact) mass is 520 g/mol. The van der Waals surface area contributed by atoms with E-state index >= 15 is 0 Å². The number of rotatable bonds is 12. The fraction of sp³-hybridized carbons (Fsp3) is 0.321. The average Bonchev–Trinajstić information content (AvgIpc) is 3.73. The molecule has 0 bridgehead atoms. The number of nitrogens with one attached hydrogen (secondary N) is 2. The molecule has 8 nitrogen and oxygen atoms in total. The van der Waals surface area contributed by atoms with Gasteiger partial charge in [-0.3, -0.25) is 14.6 Å². The molecule has 4 rings (SSSR count). The molecule has 194 valence electrons. The summed E-state index contributed by atoms with van der Waals surface area (Å²) < 4.78 is 27.5. The Hall–Kier alpha value is -3.56. The number of sulfonamides is 1. The lowest BCUT2D eigenvalue weighted by molar-refractivity contribution is -0.140. The summed E-state index contributed by atoms with van der Waals surface area (Å²) >= 11 is 0. The standard InChI is InChI=1S/C28H32N4O4S/c1-21(28(34)30-19-25-9-5-6-18-29-25)32(20-23-7-3-2-4-8-23)27(33)17-12-22-10-15-26(16-11-22)37(35,36)31-24-13-14-24/h2-11,15-16,18,21,24,31H,12-14,17,19-20H2,1H3,(H,30,34)/t21-/m0/s1. The molecule has 1 aromatic heterocycles. The third kappa shape index (κ3) is 7.71. The number of benzene rings is 2. The Morgan fingerprint density at radius 1 is 0.973 bits per heavy atom. The lowest BCUT2D eigenvalue weighted by Crippen LogP contribution is -2.47. The van der Waals surface area contributed by atoms with Crippen molar-refractivity contribution >= 4 is 21.8 Å². The van der Waals surface area contributed by atoms with Crippen LogP contribution in [-0.2, 0) is 39.1 Å². The smallest absolute Gasteiger partial charge is 0.242 e. The Labute approximate surface area is 218 Å². The van der Waals surface area contributed by atoms with Crippen LogP contribution in [0.4, 0.5) is 0 Å².